The van der Waals surface area contributed by atoms with Gasteiger partial charge in [-0.05, 0) is 37.1 Å². The lowest BCUT2D eigenvalue weighted by atomic mass is 10.0. The van der Waals surface area contributed by atoms with Crippen molar-refractivity contribution in [3.63, 3.8) is 0 Å². The molecule has 4 heterocycles. The highest BCUT2D eigenvalue weighted by atomic mass is 35.5. The summed E-state index contributed by atoms with van der Waals surface area (Å²) in [4.78, 5) is 60.6. The van der Waals surface area contributed by atoms with Crippen molar-refractivity contribution in [1.29, 1.82) is 5.26 Å². The Hall–Kier alpha value is -5.66. The van der Waals surface area contributed by atoms with E-state index in [4.69, 9.17) is 42.1 Å². The smallest absolute Gasteiger partial charge is 0.312 e. The number of halogens is 2. The van der Waals surface area contributed by atoms with Gasteiger partial charge < -0.3 is 39.0 Å². The number of imide groups is 1. The van der Waals surface area contributed by atoms with Gasteiger partial charge in [-0.25, -0.2) is 0 Å². The molecule has 0 aliphatic carbocycles. The number of methoxy groups -OCH3 is 2. The van der Waals surface area contributed by atoms with E-state index in [0.717, 1.165) is 39.1 Å². The minimum atomic E-state index is -0.745. The van der Waals surface area contributed by atoms with Crippen molar-refractivity contribution < 1.29 is 38.1 Å². The Morgan fingerprint density at radius 2 is 1.72 bits per heavy atom. The summed E-state index contributed by atoms with van der Waals surface area (Å²) >= 11 is 12.7. The number of carbonyl (C=O) groups excluding carboxylic acids is 4. The molecule has 1 aromatic heterocycles. The summed E-state index contributed by atoms with van der Waals surface area (Å²) in [5.74, 6) is 0.190. The van der Waals surface area contributed by atoms with Gasteiger partial charge in [-0.3, -0.25) is 29.5 Å². The molecule has 3 aliphatic heterocycles. The van der Waals surface area contributed by atoms with Gasteiger partial charge in [0.15, 0.2) is 11.5 Å². The van der Waals surface area contributed by atoms with Gasteiger partial charge in [0, 0.05) is 80.5 Å². The van der Waals surface area contributed by atoms with E-state index in [-0.39, 0.29) is 37.6 Å². The van der Waals surface area contributed by atoms with Gasteiger partial charge in [0.25, 0.3) is 5.91 Å². The third-order valence-electron chi connectivity index (χ3n) is 10.5. The van der Waals surface area contributed by atoms with E-state index in [1.54, 1.807) is 49.6 Å². The number of hydrogen-bond donors (Lipinski definition) is 2. The molecule has 17 heteroatoms. The van der Waals surface area contributed by atoms with Gasteiger partial charge in [-0.1, -0.05) is 29.3 Å². The number of nitrogens with zero attached hydrogens (tertiary/aromatic N) is 5. The molecular formula is C41H41Cl2N7O8. The lowest BCUT2D eigenvalue weighted by Crippen LogP contribution is -2.52. The molecule has 15 nitrogen and oxygen atoms in total. The van der Waals surface area contributed by atoms with Crippen LogP contribution in [0.4, 0.5) is 11.4 Å². The molecule has 3 amide bonds. The molecule has 7 rings (SSSR count). The summed E-state index contributed by atoms with van der Waals surface area (Å²) in [6.07, 6.45) is 2.86. The van der Waals surface area contributed by atoms with Crippen molar-refractivity contribution in [3.05, 3.63) is 75.4 Å². The van der Waals surface area contributed by atoms with E-state index in [0.29, 0.717) is 85.2 Å². The highest BCUT2D eigenvalue weighted by molar-refractivity contribution is 6.37. The second-order valence-electron chi connectivity index (χ2n) is 14.1. The topological polar surface area (TPSA) is 176 Å². The molecule has 0 spiro atoms. The van der Waals surface area contributed by atoms with E-state index < -0.39 is 17.9 Å². The summed E-state index contributed by atoms with van der Waals surface area (Å²) in [5, 5.41) is 16.8. The molecule has 3 aromatic carbocycles. The SMILES string of the molecule is COc1cc(Nc2c(C#N)cnc3cc(OCCCN4CCN(CCC(=O)Oc5cccc6c5CN(C5CCC(=O)NC5=O)C6=O)CC4)c(OC)cc23)c(Cl)cc1Cl. The van der Waals surface area contributed by atoms with Crippen LogP contribution in [0.5, 0.6) is 23.0 Å². The minimum absolute atomic E-state index is 0.130. The summed E-state index contributed by atoms with van der Waals surface area (Å²) in [6, 6.07) is 13.2. The fourth-order valence-corrected chi connectivity index (χ4v) is 7.90. The van der Waals surface area contributed by atoms with Crippen LogP contribution in [-0.4, -0.2) is 110 Å². The van der Waals surface area contributed by atoms with Crippen LogP contribution in [0.15, 0.2) is 48.7 Å². The van der Waals surface area contributed by atoms with E-state index in [2.05, 4.69) is 31.5 Å². The molecule has 0 bridgehead atoms. The lowest BCUT2D eigenvalue weighted by molar-refractivity contribution is -0.137. The molecule has 2 N–H and O–H groups in total. The number of fused-ring (bicyclic) bond motifs is 2. The number of pyridine rings is 1. The van der Waals surface area contributed by atoms with Crippen molar-refractivity contribution in [2.24, 2.45) is 0 Å². The van der Waals surface area contributed by atoms with E-state index in [9.17, 15) is 24.4 Å². The number of nitriles is 1. The number of anilines is 2. The second kappa shape index (κ2) is 17.9. The maximum absolute atomic E-state index is 13.1. The first-order chi connectivity index (χ1) is 28.1. The Morgan fingerprint density at radius 3 is 2.45 bits per heavy atom. The standard InChI is InChI=1S/C41H41Cl2N7O8/c1-55-34-20-31(28(42)18-29(34)43)46-39-24(21-44)22-45-30-19-36(35(56-2)17-26(30)39)57-16-4-10-48-12-14-49(15-13-48)11-9-38(52)58-33-6-3-5-25-27(33)23-50(41(25)54)32-7-8-37(51)47-40(32)53/h3,5-6,17-20,22,32H,4,7-16,23H2,1-2H3,(H,45,46)(H,47,51,53). The quantitative estimate of drug-likeness (QED) is 0.0724. The molecule has 3 aliphatic rings. The summed E-state index contributed by atoms with van der Waals surface area (Å²) < 4.78 is 22.9. The van der Waals surface area contributed by atoms with Crippen LogP contribution < -0.4 is 29.6 Å². The van der Waals surface area contributed by atoms with Gasteiger partial charge in [0.05, 0.1) is 66.3 Å². The Balaban J connectivity index is 0.873. The first-order valence-electron chi connectivity index (χ1n) is 18.8. The number of hydrogen-bond acceptors (Lipinski definition) is 13. The normalized spacial score (nSPS) is 17.1. The average molecular weight is 831 g/mol. The number of nitrogens with one attached hydrogen (secondary N) is 2. The predicted molar refractivity (Wildman–Crippen MR) is 215 cm³/mol. The van der Waals surface area contributed by atoms with Crippen LogP contribution in [0, 0.1) is 11.3 Å². The predicted octanol–water partition coefficient (Wildman–Crippen LogP) is 5.32. The highest BCUT2D eigenvalue weighted by Gasteiger charge is 2.40. The van der Waals surface area contributed by atoms with Crippen molar-refractivity contribution in [2.45, 2.75) is 38.3 Å². The number of aromatic nitrogens is 1. The summed E-state index contributed by atoms with van der Waals surface area (Å²) in [6.45, 7) is 5.19. The van der Waals surface area contributed by atoms with Gasteiger partial charge in [-0.2, -0.15) is 5.26 Å². The zero-order valence-electron chi connectivity index (χ0n) is 31.9. The molecule has 58 heavy (non-hydrogen) atoms. The zero-order valence-corrected chi connectivity index (χ0v) is 33.5. The van der Waals surface area contributed by atoms with Crippen molar-refractivity contribution >= 4 is 69.2 Å². The van der Waals surface area contributed by atoms with Crippen LogP contribution in [0.3, 0.4) is 0 Å². The van der Waals surface area contributed by atoms with Crippen LogP contribution in [0.1, 0.15) is 47.2 Å². The Labute approximate surface area is 344 Å². The van der Waals surface area contributed by atoms with Gasteiger partial charge >= 0.3 is 5.97 Å². The van der Waals surface area contributed by atoms with Crippen LogP contribution in [-0.2, 0) is 20.9 Å². The number of piperidine rings is 1. The Kier molecular flexibility index (Phi) is 12.5. The number of ether oxygens (including phenoxy) is 4. The van der Waals surface area contributed by atoms with Crippen molar-refractivity contribution in [1.82, 2.24) is 25.0 Å². The maximum atomic E-state index is 13.1. The third-order valence-corrected chi connectivity index (χ3v) is 11.1. The summed E-state index contributed by atoms with van der Waals surface area (Å²) in [5.41, 5.74) is 2.86. The summed E-state index contributed by atoms with van der Waals surface area (Å²) in [7, 11) is 3.06. The zero-order chi connectivity index (χ0) is 40.9. The Bertz CT molecular complexity index is 2310. The molecule has 0 radical (unpaired) electrons. The van der Waals surface area contributed by atoms with Crippen LogP contribution >= 0.6 is 23.2 Å². The van der Waals surface area contributed by atoms with Gasteiger partial charge in [0.2, 0.25) is 11.8 Å². The molecule has 1 atom stereocenters. The molecule has 1 unspecified atom stereocenters. The second-order valence-corrected chi connectivity index (χ2v) is 14.9. The molecule has 0 saturated carbocycles. The van der Waals surface area contributed by atoms with E-state index >= 15 is 0 Å². The number of carbonyl (C=O) groups is 4. The van der Waals surface area contributed by atoms with Gasteiger partial charge in [0.1, 0.15) is 23.6 Å². The number of benzene rings is 3. The monoisotopic (exact) mass is 829 g/mol. The molecular weight excluding hydrogens is 789 g/mol. The number of rotatable bonds is 14. The highest BCUT2D eigenvalue weighted by Crippen LogP contribution is 2.41. The van der Waals surface area contributed by atoms with Crippen LogP contribution in [0.2, 0.25) is 10.0 Å². The van der Waals surface area contributed by atoms with Crippen molar-refractivity contribution in [3.8, 4) is 29.1 Å². The first kappa shape index (κ1) is 40.5. The number of esters is 1. The fourth-order valence-electron chi connectivity index (χ4n) is 7.39. The largest absolute Gasteiger partial charge is 0.495 e. The van der Waals surface area contributed by atoms with E-state index in [1.165, 1.54) is 18.2 Å². The Morgan fingerprint density at radius 1 is 0.966 bits per heavy atom. The number of amides is 3. The maximum Gasteiger partial charge on any atom is 0.312 e. The first-order valence-corrected chi connectivity index (χ1v) is 19.6. The minimum Gasteiger partial charge on any atom is -0.495 e. The van der Waals surface area contributed by atoms with Crippen LogP contribution in [0.25, 0.3) is 10.9 Å². The lowest BCUT2D eigenvalue weighted by Gasteiger charge is -2.34. The fraction of sp³-hybridized carbons (Fsp3) is 0.366. The molecule has 302 valence electrons. The van der Waals surface area contributed by atoms with Crippen molar-refractivity contribution in [2.75, 3.05) is 65.4 Å². The third kappa shape index (κ3) is 8.75. The number of piperazine rings is 1. The van der Waals surface area contributed by atoms with Gasteiger partial charge in [-0.15, -0.1) is 0 Å². The molecule has 4 aromatic rings. The molecule has 2 fully saturated rings. The van der Waals surface area contributed by atoms with E-state index in [1.807, 2.05) is 0 Å². The average Bonchev–Trinajstić information content (AvgIpc) is 3.56. The molecule has 2 saturated heterocycles.